The number of hydrogen-bond donors (Lipinski definition) is 0. The smallest absolute Gasteiger partial charge is 0.265 e. The maximum absolute atomic E-state index is 13.4. The molecule has 10 heteroatoms. The zero-order chi connectivity index (χ0) is 23.9. The Morgan fingerprint density at radius 3 is 2.49 bits per heavy atom. The van der Waals surface area contributed by atoms with E-state index in [4.69, 9.17) is 0 Å². The molecule has 0 bridgehead atoms. The lowest BCUT2D eigenvalue weighted by Crippen LogP contribution is -2.49. The van der Waals surface area contributed by atoms with Crippen molar-refractivity contribution in [2.75, 3.05) is 36.8 Å². The molecule has 2 aromatic carbocycles. The van der Waals surface area contributed by atoms with E-state index in [0.717, 1.165) is 13.1 Å². The van der Waals surface area contributed by atoms with Gasteiger partial charge in [-0.1, -0.05) is 30.0 Å². The number of fused-ring (bicyclic) bond motifs is 2. The summed E-state index contributed by atoms with van der Waals surface area (Å²) in [4.78, 5) is 35.3. The molecule has 1 unspecified atom stereocenters. The minimum Gasteiger partial charge on any atom is -0.368 e. The van der Waals surface area contributed by atoms with E-state index in [1.165, 1.54) is 35.8 Å². The molecule has 35 heavy (non-hydrogen) atoms. The van der Waals surface area contributed by atoms with Crippen molar-refractivity contribution in [3.63, 3.8) is 0 Å². The van der Waals surface area contributed by atoms with Gasteiger partial charge in [-0.3, -0.25) is 14.2 Å². The van der Waals surface area contributed by atoms with Crippen LogP contribution in [0.2, 0.25) is 0 Å². The lowest BCUT2D eigenvalue weighted by molar-refractivity contribution is -0.132. The van der Waals surface area contributed by atoms with E-state index in [-0.39, 0.29) is 29.7 Å². The second-order valence-corrected chi connectivity index (χ2v) is 9.70. The highest BCUT2D eigenvalue weighted by molar-refractivity contribution is 7.99. The second-order valence-electron chi connectivity index (χ2n) is 8.71. The molecule has 1 saturated heterocycles. The topological polar surface area (TPSA) is 76.3 Å². The normalized spacial score (nSPS) is 17.7. The highest BCUT2D eigenvalue weighted by atomic mass is 32.2. The monoisotopic (exact) mass is 490 g/mol. The van der Waals surface area contributed by atoms with E-state index in [2.05, 4.69) is 27.1 Å². The van der Waals surface area contributed by atoms with Crippen molar-refractivity contribution in [2.45, 2.75) is 17.6 Å². The lowest BCUT2D eigenvalue weighted by Gasteiger charge is -2.36. The van der Waals surface area contributed by atoms with Crippen LogP contribution in [0.1, 0.15) is 12.5 Å². The number of rotatable bonds is 4. The summed E-state index contributed by atoms with van der Waals surface area (Å²) >= 11 is 1.47. The molecule has 0 radical (unpaired) electrons. The molecular formula is C25H23FN6O2S. The van der Waals surface area contributed by atoms with Crippen LogP contribution in [0, 0.1) is 5.82 Å². The van der Waals surface area contributed by atoms with Crippen molar-refractivity contribution in [3.05, 3.63) is 77.0 Å². The predicted molar refractivity (Wildman–Crippen MR) is 133 cm³/mol. The molecule has 6 rings (SSSR count). The predicted octanol–water partition coefficient (Wildman–Crippen LogP) is 3.11. The minimum absolute atomic E-state index is 0.0603. The molecule has 4 heterocycles. The third-order valence-corrected chi connectivity index (χ3v) is 7.70. The first-order valence-electron chi connectivity index (χ1n) is 11.6. The molecule has 8 nitrogen and oxygen atoms in total. The zero-order valence-electron chi connectivity index (χ0n) is 18.9. The van der Waals surface area contributed by atoms with Gasteiger partial charge < -0.3 is 9.80 Å². The molecule has 4 aromatic rings. The van der Waals surface area contributed by atoms with Crippen LogP contribution in [0.4, 0.5) is 10.1 Å². The summed E-state index contributed by atoms with van der Waals surface area (Å²) in [6.45, 7) is 2.90. The van der Waals surface area contributed by atoms with E-state index in [1.54, 1.807) is 21.4 Å². The fraction of sp³-hybridized carbons (Fsp3) is 0.280. The van der Waals surface area contributed by atoms with Crippen molar-refractivity contribution in [2.24, 2.45) is 0 Å². The first kappa shape index (κ1) is 21.8. The second kappa shape index (κ2) is 8.84. The van der Waals surface area contributed by atoms with Crippen LogP contribution in [-0.4, -0.2) is 62.1 Å². The third kappa shape index (κ3) is 3.97. The standard InChI is InChI=1S/C25H23FN6O2S/c26-17-6-8-19(9-7-17)32-23-21(15-27-32)24(34)31-20(16-35-25(31)28-23)14-22(33)30-12-10-29(11-13-30)18-4-2-1-3-5-18/h1-9,15,20H,10-14,16H2. The number of halogens is 1. The van der Waals surface area contributed by atoms with E-state index in [9.17, 15) is 14.0 Å². The quantitative estimate of drug-likeness (QED) is 0.409. The zero-order valence-corrected chi connectivity index (χ0v) is 19.7. The van der Waals surface area contributed by atoms with Gasteiger partial charge in [0.05, 0.1) is 17.9 Å². The number of aromatic nitrogens is 4. The highest BCUT2D eigenvalue weighted by Gasteiger charge is 2.31. The highest BCUT2D eigenvalue weighted by Crippen LogP contribution is 2.34. The molecule has 1 fully saturated rings. The van der Waals surface area contributed by atoms with Gasteiger partial charge in [-0.25, -0.2) is 14.1 Å². The summed E-state index contributed by atoms with van der Waals surface area (Å²) < 4.78 is 16.5. The van der Waals surface area contributed by atoms with Crippen molar-refractivity contribution in [1.29, 1.82) is 0 Å². The number of carbonyl (C=O) groups is 1. The maximum Gasteiger partial charge on any atom is 0.265 e. The molecule has 2 aliphatic heterocycles. The molecule has 2 aromatic heterocycles. The van der Waals surface area contributed by atoms with Crippen LogP contribution in [-0.2, 0) is 4.79 Å². The first-order valence-corrected chi connectivity index (χ1v) is 12.5. The molecule has 1 atom stereocenters. The number of amides is 1. The van der Waals surface area contributed by atoms with Gasteiger partial charge in [0.1, 0.15) is 11.2 Å². The number of benzene rings is 2. The van der Waals surface area contributed by atoms with Crippen molar-refractivity contribution in [3.8, 4) is 5.69 Å². The SMILES string of the molecule is O=C(CC1CSc2nc3c(cnn3-c3ccc(F)cc3)c(=O)n21)N1CCN(c2ccccc2)CC1. The number of anilines is 1. The summed E-state index contributed by atoms with van der Waals surface area (Å²) in [5.41, 5.74) is 2.03. The molecule has 0 spiro atoms. The number of nitrogens with zero attached hydrogens (tertiary/aromatic N) is 6. The summed E-state index contributed by atoms with van der Waals surface area (Å²) in [5.74, 6) is 0.336. The van der Waals surface area contributed by atoms with E-state index >= 15 is 0 Å². The fourth-order valence-corrected chi connectivity index (χ4v) is 5.87. The summed E-state index contributed by atoms with van der Waals surface area (Å²) in [6.07, 6.45) is 1.76. The Hall–Kier alpha value is -3.66. The Balaban J connectivity index is 1.20. The van der Waals surface area contributed by atoms with Crippen LogP contribution >= 0.6 is 11.8 Å². The molecule has 178 valence electrons. The Bertz CT molecular complexity index is 1440. The van der Waals surface area contributed by atoms with Gasteiger partial charge >= 0.3 is 0 Å². The molecule has 0 saturated carbocycles. The Kier molecular flexibility index (Phi) is 5.52. The van der Waals surface area contributed by atoms with Crippen LogP contribution in [0.25, 0.3) is 16.7 Å². The number of para-hydroxylation sites is 1. The van der Waals surface area contributed by atoms with Gasteiger partial charge in [0.25, 0.3) is 5.56 Å². The van der Waals surface area contributed by atoms with Crippen LogP contribution in [0.5, 0.6) is 0 Å². The van der Waals surface area contributed by atoms with Gasteiger partial charge in [-0.05, 0) is 36.4 Å². The van der Waals surface area contributed by atoms with Gasteiger partial charge in [-0.15, -0.1) is 0 Å². The number of piperazine rings is 1. The molecule has 0 N–H and O–H groups in total. The largest absolute Gasteiger partial charge is 0.368 e. The number of carbonyl (C=O) groups excluding carboxylic acids is 1. The Morgan fingerprint density at radius 2 is 1.74 bits per heavy atom. The fourth-order valence-electron chi connectivity index (χ4n) is 4.74. The van der Waals surface area contributed by atoms with E-state index in [0.29, 0.717) is 40.7 Å². The Morgan fingerprint density at radius 1 is 1.00 bits per heavy atom. The molecule has 0 aliphatic carbocycles. The molecular weight excluding hydrogens is 467 g/mol. The van der Waals surface area contributed by atoms with Crippen molar-refractivity contribution >= 4 is 34.4 Å². The average Bonchev–Trinajstić information content (AvgIpc) is 3.50. The van der Waals surface area contributed by atoms with Crippen molar-refractivity contribution < 1.29 is 9.18 Å². The van der Waals surface area contributed by atoms with Crippen LogP contribution in [0.3, 0.4) is 0 Å². The number of thioether (sulfide) groups is 1. The van der Waals surface area contributed by atoms with Gasteiger partial charge in [0, 0.05) is 44.0 Å². The number of hydrogen-bond acceptors (Lipinski definition) is 6. The van der Waals surface area contributed by atoms with E-state index in [1.807, 2.05) is 23.1 Å². The molecule has 2 aliphatic rings. The van der Waals surface area contributed by atoms with Crippen LogP contribution in [0.15, 0.2) is 70.7 Å². The maximum atomic E-state index is 13.4. The summed E-state index contributed by atoms with van der Waals surface area (Å²) in [7, 11) is 0. The van der Waals surface area contributed by atoms with E-state index < -0.39 is 0 Å². The summed E-state index contributed by atoms with van der Waals surface area (Å²) in [5, 5.41) is 5.28. The summed E-state index contributed by atoms with van der Waals surface area (Å²) in [6, 6.07) is 15.9. The third-order valence-electron chi connectivity index (χ3n) is 6.61. The average molecular weight is 491 g/mol. The van der Waals surface area contributed by atoms with Gasteiger partial charge in [0.2, 0.25) is 5.91 Å². The first-order chi connectivity index (χ1) is 17.1. The lowest BCUT2D eigenvalue weighted by atomic mass is 10.1. The minimum atomic E-state index is -0.344. The Labute approximate surface area is 205 Å². The van der Waals surface area contributed by atoms with Gasteiger partial charge in [0.15, 0.2) is 10.8 Å². The van der Waals surface area contributed by atoms with Gasteiger partial charge in [-0.2, -0.15) is 5.10 Å². The van der Waals surface area contributed by atoms with Crippen LogP contribution < -0.4 is 10.5 Å². The van der Waals surface area contributed by atoms with Crippen molar-refractivity contribution in [1.82, 2.24) is 24.2 Å². The molecule has 1 amide bonds.